The molecule has 0 saturated carbocycles. The Kier molecular flexibility index (Phi) is 2.90. The molecule has 2 aromatic carbocycles. The van der Waals surface area contributed by atoms with E-state index < -0.39 is 17.4 Å². The highest BCUT2D eigenvalue weighted by Crippen LogP contribution is 2.34. The number of fused-ring (bicyclic) bond motifs is 1. The van der Waals surface area contributed by atoms with Crippen LogP contribution in [0.25, 0.3) is 16.7 Å². The van der Waals surface area contributed by atoms with Gasteiger partial charge in [-0.2, -0.15) is 13.2 Å². The maximum atomic E-state index is 13.1. The van der Waals surface area contributed by atoms with Gasteiger partial charge >= 0.3 is 11.9 Å². The summed E-state index contributed by atoms with van der Waals surface area (Å²) in [6, 6.07) is 10.2. The second-order valence-electron chi connectivity index (χ2n) is 4.75. The minimum absolute atomic E-state index is 0.171. The molecule has 0 spiro atoms. The molecule has 0 saturated heterocycles. The molecule has 0 amide bonds. The van der Waals surface area contributed by atoms with Crippen molar-refractivity contribution in [1.82, 2.24) is 9.55 Å². The first-order valence-electron chi connectivity index (χ1n) is 6.26. The first-order valence-corrected chi connectivity index (χ1v) is 6.26. The zero-order valence-electron chi connectivity index (χ0n) is 11.0. The zero-order chi connectivity index (χ0) is 15.2. The van der Waals surface area contributed by atoms with Crippen molar-refractivity contribution in [2.24, 2.45) is 0 Å². The van der Waals surface area contributed by atoms with Crippen LogP contribution in [-0.2, 0) is 6.18 Å². The number of benzene rings is 2. The van der Waals surface area contributed by atoms with Crippen LogP contribution in [-0.4, -0.2) is 9.55 Å². The largest absolute Gasteiger partial charge is 0.418 e. The summed E-state index contributed by atoms with van der Waals surface area (Å²) in [5.74, 6) is 0. The third-order valence-corrected chi connectivity index (χ3v) is 3.36. The molecule has 0 aliphatic heterocycles. The van der Waals surface area contributed by atoms with Crippen molar-refractivity contribution in [1.29, 1.82) is 0 Å². The molecule has 1 heterocycles. The van der Waals surface area contributed by atoms with E-state index in [-0.39, 0.29) is 5.69 Å². The highest BCUT2D eigenvalue weighted by Gasteiger charge is 2.34. The minimum Gasteiger partial charge on any atom is -0.305 e. The Morgan fingerprint density at radius 3 is 2.48 bits per heavy atom. The molecule has 3 nitrogen and oxygen atoms in total. The average molecular weight is 292 g/mol. The molecule has 0 fully saturated rings. The Morgan fingerprint density at radius 1 is 1.05 bits per heavy atom. The second kappa shape index (κ2) is 4.51. The predicted octanol–water partition coefficient (Wildman–Crippen LogP) is 3.65. The molecule has 21 heavy (non-hydrogen) atoms. The number of imidazole rings is 1. The Hall–Kier alpha value is -2.50. The van der Waals surface area contributed by atoms with Crippen LogP contribution in [0.1, 0.15) is 11.1 Å². The summed E-state index contributed by atoms with van der Waals surface area (Å²) in [7, 11) is 0. The van der Waals surface area contributed by atoms with Gasteiger partial charge in [0.15, 0.2) is 0 Å². The van der Waals surface area contributed by atoms with Gasteiger partial charge in [-0.15, -0.1) is 0 Å². The lowest BCUT2D eigenvalue weighted by Gasteiger charge is -2.13. The van der Waals surface area contributed by atoms with E-state index in [0.29, 0.717) is 11.0 Å². The van der Waals surface area contributed by atoms with Gasteiger partial charge in [-0.1, -0.05) is 24.3 Å². The Bertz CT molecular complexity index is 874. The number of aromatic nitrogens is 2. The number of rotatable bonds is 1. The molecule has 0 atom stereocenters. The van der Waals surface area contributed by atoms with E-state index in [1.165, 1.54) is 18.2 Å². The van der Waals surface area contributed by atoms with E-state index >= 15 is 0 Å². The van der Waals surface area contributed by atoms with Gasteiger partial charge in [0.25, 0.3) is 0 Å². The Morgan fingerprint density at radius 2 is 1.76 bits per heavy atom. The first-order chi connectivity index (χ1) is 9.89. The number of aryl methyl sites for hydroxylation is 1. The van der Waals surface area contributed by atoms with E-state index in [0.717, 1.165) is 16.2 Å². The monoisotopic (exact) mass is 292 g/mol. The maximum Gasteiger partial charge on any atom is 0.418 e. The molecule has 0 radical (unpaired) electrons. The first kappa shape index (κ1) is 13.5. The van der Waals surface area contributed by atoms with Crippen LogP contribution in [0.15, 0.2) is 47.3 Å². The number of H-pyrrole nitrogens is 1. The molecule has 1 N–H and O–H groups in total. The lowest BCUT2D eigenvalue weighted by molar-refractivity contribution is -0.137. The maximum absolute atomic E-state index is 13.1. The number of aromatic amines is 1. The summed E-state index contributed by atoms with van der Waals surface area (Å²) in [5.41, 5.74) is 0.0989. The summed E-state index contributed by atoms with van der Waals surface area (Å²) in [5, 5.41) is 0. The Balaban J connectivity index is 2.43. The third kappa shape index (κ3) is 2.12. The smallest absolute Gasteiger partial charge is 0.305 e. The van der Waals surface area contributed by atoms with Crippen molar-refractivity contribution in [2.45, 2.75) is 13.1 Å². The number of para-hydroxylation sites is 2. The Labute approximate surface area is 117 Å². The number of hydrogen-bond donors (Lipinski definition) is 1. The summed E-state index contributed by atoms with van der Waals surface area (Å²) in [6.45, 7) is 1.75. The van der Waals surface area contributed by atoms with Crippen LogP contribution in [0.3, 0.4) is 0 Å². The van der Waals surface area contributed by atoms with Gasteiger partial charge in [0.05, 0.1) is 22.3 Å². The van der Waals surface area contributed by atoms with Crippen LogP contribution >= 0.6 is 0 Å². The predicted molar refractivity (Wildman–Crippen MR) is 73.6 cm³/mol. The van der Waals surface area contributed by atoms with Gasteiger partial charge in [-0.3, -0.25) is 4.57 Å². The summed E-state index contributed by atoms with van der Waals surface area (Å²) in [6.07, 6.45) is -4.53. The average Bonchev–Trinajstić information content (AvgIpc) is 2.75. The van der Waals surface area contributed by atoms with Crippen molar-refractivity contribution >= 4 is 11.0 Å². The highest BCUT2D eigenvalue weighted by molar-refractivity contribution is 5.81. The number of halogens is 3. The summed E-state index contributed by atoms with van der Waals surface area (Å²) < 4.78 is 40.5. The van der Waals surface area contributed by atoms with E-state index in [2.05, 4.69) is 4.98 Å². The van der Waals surface area contributed by atoms with Crippen LogP contribution in [0.4, 0.5) is 13.2 Å². The topological polar surface area (TPSA) is 37.8 Å². The fourth-order valence-electron chi connectivity index (χ4n) is 2.47. The molecule has 0 aliphatic carbocycles. The van der Waals surface area contributed by atoms with E-state index in [4.69, 9.17) is 0 Å². The number of nitrogens with zero attached hydrogens (tertiary/aromatic N) is 1. The SMILES string of the molecule is Cc1cccc2[nH]c(=O)n(-c3ccccc3C(F)(F)F)c12. The summed E-state index contributed by atoms with van der Waals surface area (Å²) >= 11 is 0. The third-order valence-electron chi connectivity index (χ3n) is 3.36. The molecule has 108 valence electrons. The molecular formula is C15H11F3N2O. The van der Waals surface area contributed by atoms with Crippen LogP contribution in [0.5, 0.6) is 0 Å². The molecule has 0 unspecified atom stereocenters. The van der Waals surface area contributed by atoms with E-state index in [1.54, 1.807) is 25.1 Å². The van der Waals surface area contributed by atoms with Gasteiger partial charge in [0, 0.05) is 0 Å². The normalized spacial score (nSPS) is 12.0. The number of nitrogens with one attached hydrogen (secondary N) is 1. The fraction of sp³-hybridized carbons (Fsp3) is 0.133. The quantitative estimate of drug-likeness (QED) is 0.730. The van der Waals surface area contributed by atoms with Gasteiger partial charge in [0.2, 0.25) is 0 Å². The van der Waals surface area contributed by atoms with Crippen molar-refractivity contribution in [3.05, 3.63) is 64.1 Å². The van der Waals surface area contributed by atoms with Gasteiger partial charge in [0.1, 0.15) is 0 Å². The molecule has 1 aromatic heterocycles. The van der Waals surface area contributed by atoms with Crippen molar-refractivity contribution in [3.8, 4) is 5.69 Å². The van der Waals surface area contributed by atoms with E-state index in [1.807, 2.05) is 0 Å². The standard InChI is InChI=1S/C15H11F3N2O/c1-9-5-4-7-11-13(9)20(14(21)19-11)12-8-3-2-6-10(12)15(16,17)18/h2-8H,1H3,(H,19,21). The number of hydrogen-bond acceptors (Lipinski definition) is 1. The lowest BCUT2D eigenvalue weighted by Crippen LogP contribution is -2.19. The molecular weight excluding hydrogens is 281 g/mol. The number of alkyl halides is 3. The van der Waals surface area contributed by atoms with Crippen LogP contribution in [0, 0.1) is 6.92 Å². The van der Waals surface area contributed by atoms with Gasteiger partial charge < -0.3 is 4.98 Å². The molecule has 3 aromatic rings. The molecule has 6 heteroatoms. The molecule has 0 bridgehead atoms. The van der Waals surface area contributed by atoms with Crippen LogP contribution < -0.4 is 5.69 Å². The van der Waals surface area contributed by atoms with Gasteiger partial charge in [-0.05, 0) is 30.7 Å². The van der Waals surface area contributed by atoms with Crippen molar-refractivity contribution in [2.75, 3.05) is 0 Å². The molecule has 0 aliphatic rings. The van der Waals surface area contributed by atoms with Gasteiger partial charge in [-0.25, -0.2) is 4.79 Å². The van der Waals surface area contributed by atoms with Crippen molar-refractivity contribution in [3.63, 3.8) is 0 Å². The van der Waals surface area contributed by atoms with E-state index in [9.17, 15) is 18.0 Å². The zero-order valence-corrected chi connectivity index (χ0v) is 11.0. The second-order valence-corrected chi connectivity index (χ2v) is 4.75. The lowest BCUT2D eigenvalue weighted by atomic mass is 10.1. The highest BCUT2D eigenvalue weighted by atomic mass is 19.4. The fourth-order valence-corrected chi connectivity index (χ4v) is 2.47. The minimum atomic E-state index is -4.53. The molecule has 3 rings (SSSR count). The summed E-state index contributed by atoms with van der Waals surface area (Å²) in [4.78, 5) is 14.7. The van der Waals surface area contributed by atoms with Crippen molar-refractivity contribution < 1.29 is 13.2 Å². The van der Waals surface area contributed by atoms with Crippen LogP contribution in [0.2, 0.25) is 0 Å².